The number of hydrogen-bond acceptors (Lipinski definition) is 2. The van der Waals surface area contributed by atoms with Crippen LogP contribution in [0.3, 0.4) is 0 Å². The number of nitrogens with one attached hydrogen (secondary N) is 1. The first kappa shape index (κ1) is 8.08. The maximum absolute atomic E-state index is 10.9. The molecule has 2 N–H and O–H groups in total. The van der Waals surface area contributed by atoms with Crippen LogP contribution in [-0.4, -0.2) is 10.1 Å². The molecule has 0 unspecified atom stereocenters. The Labute approximate surface area is 67.9 Å². The maximum Gasteiger partial charge on any atom is 0.255 e. The number of hydrogen-bond donors (Lipinski definition) is 2. The van der Waals surface area contributed by atoms with E-state index in [4.69, 9.17) is 11.7 Å². The fourth-order valence-corrected chi connectivity index (χ4v) is 0.786. The number of pyridine rings is 1. The van der Waals surface area contributed by atoms with Gasteiger partial charge in [-0.15, -0.1) is 6.58 Å². The predicted octanol–water partition coefficient (Wildman–Crippen LogP) is -0.548. The summed E-state index contributed by atoms with van der Waals surface area (Å²) in [5.41, 5.74) is -0.579. The van der Waals surface area contributed by atoms with Gasteiger partial charge in [0.2, 0.25) is 0 Å². The molecule has 0 bridgehead atoms. The molecule has 4 heteroatoms. The summed E-state index contributed by atoms with van der Waals surface area (Å²) >= 11 is 0. The molecule has 1 heterocycles. The van der Waals surface area contributed by atoms with E-state index in [0.717, 1.165) is 0 Å². The minimum Gasteiger partial charge on any atom is -0.503 e. The summed E-state index contributed by atoms with van der Waals surface area (Å²) in [5, 5.41) is 9.34. The zero-order valence-corrected chi connectivity index (χ0v) is 6.22. The molecule has 0 saturated carbocycles. The van der Waals surface area contributed by atoms with E-state index in [0.29, 0.717) is 0 Å². The lowest BCUT2D eigenvalue weighted by atomic mass is 10.3. The van der Waals surface area contributed by atoms with Gasteiger partial charge in [-0.1, -0.05) is 6.58 Å². The third kappa shape index (κ3) is 0.974. The van der Waals surface area contributed by atoms with Gasteiger partial charge in [0.1, 0.15) is 0 Å². The van der Waals surface area contributed by atoms with E-state index in [1.807, 2.05) is 0 Å². The fraction of sp³-hybridized carbons (Fsp3) is 0. The number of H-pyrrole nitrogens is 1. The molecule has 0 fully saturated rings. The molecule has 1 rings (SSSR count). The van der Waals surface area contributed by atoms with Crippen LogP contribution in [0.25, 0.3) is 18.0 Å². The third-order valence-electron chi connectivity index (χ3n) is 1.49. The molecule has 0 amide bonds. The second-order valence-corrected chi connectivity index (χ2v) is 2.22. The number of aromatic nitrogens is 1. The van der Waals surface area contributed by atoms with Gasteiger partial charge >= 0.3 is 0 Å². The van der Waals surface area contributed by atoms with Crippen molar-refractivity contribution < 1.29 is 5.11 Å². The van der Waals surface area contributed by atoms with Crippen LogP contribution in [0.4, 0.5) is 5.69 Å². The van der Waals surface area contributed by atoms with Gasteiger partial charge in [0, 0.05) is 5.22 Å². The SMILES string of the molecule is [C-]#[N+]c1c(O)[nH]c(=O)c(=C)c1=C. The Morgan fingerprint density at radius 3 is 2.50 bits per heavy atom. The maximum atomic E-state index is 10.9. The summed E-state index contributed by atoms with van der Waals surface area (Å²) in [4.78, 5) is 16.0. The van der Waals surface area contributed by atoms with E-state index in [-0.39, 0.29) is 16.1 Å². The zero-order chi connectivity index (χ0) is 9.30. The highest BCUT2D eigenvalue weighted by atomic mass is 16.3. The Bertz CT molecular complexity index is 508. The lowest BCUT2D eigenvalue weighted by molar-refractivity contribution is 0.454. The normalized spacial score (nSPS) is 9.25. The molecule has 0 saturated heterocycles. The molecule has 0 atom stereocenters. The Kier molecular flexibility index (Phi) is 1.72. The van der Waals surface area contributed by atoms with Crippen molar-refractivity contribution in [3.63, 3.8) is 0 Å². The predicted molar refractivity (Wildman–Crippen MR) is 45.3 cm³/mol. The number of aromatic amines is 1. The summed E-state index contributed by atoms with van der Waals surface area (Å²) in [5.74, 6) is -0.451. The van der Waals surface area contributed by atoms with Gasteiger partial charge in [0.05, 0.1) is 6.57 Å². The van der Waals surface area contributed by atoms with Crippen LogP contribution in [0.1, 0.15) is 0 Å². The van der Waals surface area contributed by atoms with Crippen LogP contribution in [-0.2, 0) is 0 Å². The van der Waals surface area contributed by atoms with Crippen molar-refractivity contribution >= 4 is 18.8 Å². The molecule has 0 aromatic carbocycles. The average molecular weight is 162 g/mol. The van der Waals surface area contributed by atoms with Gasteiger partial charge in [-0.3, -0.25) is 4.79 Å². The molecule has 0 radical (unpaired) electrons. The van der Waals surface area contributed by atoms with E-state index in [9.17, 15) is 4.79 Å². The van der Waals surface area contributed by atoms with E-state index in [1.165, 1.54) is 0 Å². The molecule has 1 aromatic heterocycles. The molecule has 0 spiro atoms. The Morgan fingerprint density at radius 1 is 1.42 bits per heavy atom. The minimum absolute atomic E-state index is 0.0559. The van der Waals surface area contributed by atoms with Gasteiger partial charge in [-0.25, -0.2) is 4.85 Å². The van der Waals surface area contributed by atoms with Crippen LogP contribution in [0.15, 0.2) is 4.79 Å². The van der Waals surface area contributed by atoms with Crippen LogP contribution in [0.2, 0.25) is 0 Å². The minimum atomic E-state index is -0.523. The standard InChI is InChI=1S/C8H6N2O2/c1-4-5(2)7(11)10-8(12)6(4)9-3/h12H,1-2H2,(H,10,11). The molecular formula is C8H6N2O2. The first-order chi connectivity index (χ1) is 5.57. The summed E-state index contributed by atoms with van der Waals surface area (Å²) in [7, 11) is 0. The zero-order valence-electron chi connectivity index (χ0n) is 6.22. The lowest BCUT2D eigenvalue weighted by Gasteiger charge is -1.94. The van der Waals surface area contributed by atoms with Gasteiger partial charge in [0.25, 0.3) is 11.2 Å². The van der Waals surface area contributed by atoms with Crippen molar-refractivity contribution in [2.24, 2.45) is 0 Å². The van der Waals surface area contributed by atoms with Crippen molar-refractivity contribution in [3.05, 3.63) is 32.2 Å². The van der Waals surface area contributed by atoms with Crippen LogP contribution < -0.4 is 16.0 Å². The third-order valence-corrected chi connectivity index (χ3v) is 1.49. The van der Waals surface area contributed by atoms with E-state index in [1.54, 1.807) is 0 Å². The molecule has 1 aromatic rings. The summed E-state index contributed by atoms with van der Waals surface area (Å²) in [6, 6.07) is 0. The fourth-order valence-electron chi connectivity index (χ4n) is 0.786. The highest BCUT2D eigenvalue weighted by Crippen LogP contribution is 2.13. The molecule has 12 heavy (non-hydrogen) atoms. The Morgan fingerprint density at radius 2 is 2.00 bits per heavy atom. The Balaban J connectivity index is 3.92. The van der Waals surface area contributed by atoms with Gasteiger partial charge in [-0.2, -0.15) is 0 Å². The van der Waals surface area contributed by atoms with Crippen LogP contribution in [0.5, 0.6) is 5.88 Å². The van der Waals surface area contributed by atoms with E-state index in [2.05, 4.69) is 23.0 Å². The summed E-state index contributed by atoms with van der Waals surface area (Å²) in [6.45, 7) is 13.5. The smallest absolute Gasteiger partial charge is 0.255 e. The molecule has 4 nitrogen and oxygen atoms in total. The second-order valence-electron chi connectivity index (χ2n) is 2.22. The van der Waals surface area contributed by atoms with E-state index < -0.39 is 11.4 Å². The number of aromatic hydroxyl groups is 1. The lowest BCUT2D eigenvalue weighted by Crippen LogP contribution is -2.38. The first-order valence-corrected chi connectivity index (χ1v) is 3.08. The van der Waals surface area contributed by atoms with Crippen molar-refractivity contribution in [3.8, 4) is 5.88 Å². The topological polar surface area (TPSA) is 57.4 Å². The van der Waals surface area contributed by atoms with Gasteiger partial charge in [-0.05, 0) is 5.22 Å². The molecular weight excluding hydrogens is 156 g/mol. The molecule has 60 valence electrons. The summed E-state index contributed by atoms with van der Waals surface area (Å²) in [6.07, 6.45) is 0. The van der Waals surface area contributed by atoms with Crippen molar-refractivity contribution in [1.82, 2.24) is 4.98 Å². The quantitative estimate of drug-likeness (QED) is 0.503. The largest absolute Gasteiger partial charge is 0.503 e. The average Bonchev–Trinajstić information content (AvgIpc) is 2.01. The molecule has 0 aliphatic rings. The molecule has 0 aliphatic carbocycles. The highest BCUT2D eigenvalue weighted by Gasteiger charge is 2.03. The highest BCUT2D eigenvalue weighted by molar-refractivity contribution is 5.54. The number of nitrogens with zero attached hydrogens (tertiary/aromatic N) is 1. The first-order valence-electron chi connectivity index (χ1n) is 3.08. The van der Waals surface area contributed by atoms with Crippen molar-refractivity contribution in [2.75, 3.05) is 0 Å². The Hall–Kier alpha value is -2.02. The van der Waals surface area contributed by atoms with Crippen LogP contribution >= 0.6 is 0 Å². The summed E-state index contributed by atoms with van der Waals surface area (Å²) < 4.78 is 0. The van der Waals surface area contributed by atoms with Gasteiger partial charge in [0.15, 0.2) is 5.88 Å². The monoisotopic (exact) mass is 162 g/mol. The molecule has 0 aliphatic heterocycles. The van der Waals surface area contributed by atoms with Crippen molar-refractivity contribution in [1.29, 1.82) is 0 Å². The van der Waals surface area contributed by atoms with Gasteiger partial charge < -0.3 is 10.1 Å². The van der Waals surface area contributed by atoms with Crippen molar-refractivity contribution in [2.45, 2.75) is 0 Å². The second kappa shape index (κ2) is 2.55. The number of rotatable bonds is 0. The van der Waals surface area contributed by atoms with E-state index >= 15 is 0 Å². The van der Waals surface area contributed by atoms with Crippen LogP contribution in [0, 0.1) is 6.57 Å².